The third-order valence-electron chi connectivity index (χ3n) is 1.35. The minimum absolute atomic E-state index is 0.106. The normalized spacial score (nSPS) is 24.9. The Morgan fingerprint density at radius 1 is 1.50 bits per heavy atom. The fraction of sp³-hybridized carbons (Fsp3) is 0.429. The first-order valence-electron chi connectivity index (χ1n) is 3.19. The van der Waals surface area contributed by atoms with Gasteiger partial charge in [0.1, 0.15) is 0 Å². The Labute approximate surface area is 67.5 Å². The van der Waals surface area contributed by atoms with Crippen LogP contribution in [0.1, 0.15) is 13.8 Å². The predicted molar refractivity (Wildman–Crippen MR) is 51.1 cm³/mol. The number of hydrogen-bond donors (Lipinski definition) is 1. The molecule has 1 atom stereocenters. The highest BCUT2D eigenvalue weighted by Gasteiger charge is 2.09. The summed E-state index contributed by atoms with van der Waals surface area (Å²) < 4.78 is 0. The minimum atomic E-state index is -0.106. The van der Waals surface area contributed by atoms with E-state index in [0.29, 0.717) is 0 Å². The zero-order valence-electron chi connectivity index (χ0n) is 6.51. The Morgan fingerprint density at radius 2 is 2.20 bits per heavy atom. The van der Waals surface area contributed by atoms with Gasteiger partial charge in [-0.15, -0.1) is 11.4 Å². The van der Waals surface area contributed by atoms with Gasteiger partial charge in [0.2, 0.25) is 0 Å². The highest BCUT2D eigenvalue weighted by molar-refractivity contribution is 8.56. The van der Waals surface area contributed by atoms with Crippen LogP contribution < -0.4 is 5.09 Å². The first-order chi connectivity index (χ1) is 4.74. The number of rotatable bonds is 1. The van der Waals surface area contributed by atoms with Crippen molar-refractivity contribution >= 4 is 18.7 Å². The summed E-state index contributed by atoms with van der Waals surface area (Å²) in [5.74, 6) is 0. The van der Waals surface area contributed by atoms with E-state index in [1.807, 2.05) is 11.4 Å². The van der Waals surface area contributed by atoms with Crippen molar-refractivity contribution in [3.63, 3.8) is 0 Å². The molecule has 56 valence electrons. The second-order valence-corrected chi connectivity index (χ2v) is 6.39. The van der Waals surface area contributed by atoms with E-state index in [0.717, 1.165) is 0 Å². The monoisotopic (exact) mass is 173 g/mol. The number of allylic oxidation sites excluding steroid dienone is 3. The Kier molecular flexibility index (Phi) is 2.82. The van der Waals surface area contributed by atoms with Crippen LogP contribution in [0.5, 0.6) is 0 Å². The summed E-state index contributed by atoms with van der Waals surface area (Å²) in [6, 6.07) is 0. The smallest absolute Gasteiger partial charge is 0.0768 e. The Morgan fingerprint density at radius 3 is 2.70 bits per heavy atom. The average molecular weight is 173 g/mol. The first-order valence-corrected chi connectivity index (χ1v) is 6.36. The van der Waals surface area contributed by atoms with Gasteiger partial charge in [0, 0.05) is 6.20 Å². The van der Waals surface area contributed by atoms with Gasteiger partial charge >= 0.3 is 0 Å². The predicted octanol–water partition coefficient (Wildman–Crippen LogP) is 3.07. The van der Waals surface area contributed by atoms with Crippen molar-refractivity contribution in [1.29, 1.82) is 0 Å². The van der Waals surface area contributed by atoms with E-state index < -0.39 is 0 Å². The Hall–Kier alpha value is 0.0600. The molecule has 1 heterocycles. The third kappa shape index (κ3) is 1.77. The van der Waals surface area contributed by atoms with Gasteiger partial charge in [0.15, 0.2) is 0 Å². The molecule has 0 aromatic carbocycles. The maximum absolute atomic E-state index is 3.37. The van der Waals surface area contributed by atoms with E-state index in [2.05, 4.69) is 37.5 Å². The first kappa shape index (κ1) is 8.16. The van der Waals surface area contributed by atoms with Crippen molar-refractivity contribution in [1.82, 2.24) is 5.09 Å². The van der Waals surface area contributed by atoms with Crippen LogP contribution in [0.2, 0.25) is 0 Å². The fourth-order valence-corrected chi connectivity index (χ4v) is 3.62. The molecule has 0 bridgehead atoms. The molecule has 1 nitrogen and oxygen atoms in total. The molecule has 0 saturated carbocycles. The standard InChI is InChI=1S/C7H12NPS/c1-6-4-7(2)9(10-3)8-5-6/h4-5,8H,1-3H3. The highest BCUT2D eigenvalue weighted by atomic mass is 32.7. The maximum atomic E-state index is 3.37. The van der Waals surface area contributed by atoms with Gasteiger partial charge in [0.05, 0.1) is 7.27 Å². The second kappa shape index (κ2) is 3.45. The van der Waals surface area contributed by atoms with Crippen LogP contribution in [0.3, 0.4) is 0 Å². The van der Waals surface area contributed by atoms with Gasteiger partial charge < -0.3 is 5.09 Å². The summed E-state index contributed by atoms with van der Waals surface area (Å²) in [5.41, 5.74) is 1.32. The lowest BCUT2D eigenvalue weighted by Gasteiger charge is -2.19. The largest absolute Gasteiger partial charge is 0.359 e. The molecule has 0 fully saturated rings. The van der Waals surface area contributed by atoms with Crippen LogP contribution in [0, 0.1) is 0 Å². The molecule has 0 amide bonds. The van der Waals surface area contributed by atoms with E-state index in [-0.39, 0.29) is 7.27 Å². The molecular formula is C7H12NPS. The lowest BCUT2D eigenvalue weighted by Crippen LogP contribution is -2.00. The second-order valence-electron chi connectivity index (χ2n) is 2.28. The van der Waals surface area contributed by atoms with Gasteiger partial charge in [0.25, 0.3) is 0 Å². The number of hydrogen-bond acceptors (Lipinski definition) is 2. The zero-order chi connectivity index (χ0) is 7.56. The molecule has 0 aromatic heterocycles. The molecule has 10 heavy (non-hydrogen) atoms. The molecule has 0 aromatic rings. The molecule has 1 aliphatic heterocycles. The quantitative estimate of drug-likeness (QED) is 0.611. The summed E-state index contributed by atoms with van der Waals surface area (Å²) in [6.07, 6.45) is 6.48. The lowest BCUT2D eigenvalue weighted by molar-refractivity contribution is 1.29. The summed E-state index contributed by atoms with van der Waals surface area (Å²) in [4.78, 5) is 0. The average Bonchev–Trinajstić information content (AvgIpc) is 1.88. The lowest BCUT2D eigenvalue weighted by atomic mass is 10.3. The van der Waals surface area contributed by atoms with Crippen LogP contribution >= 0.6 is 18.7 Å². The van der Waals surface area contributed by atoms with Crippen molar-refractivity contribution in [3.05, 3.63) is 23.2 Å². The molecule has 3 heteroatoms. The maximum Gasteiger partial charge on any atom is 0.0768 e. The van der Waals surface area contributed by atoms with E-state index in [4.69, 9.17) is 0 Å². The molecule has 1 aliphatic rings. The van der Waals surface area contributed by atoms with Gasteiger partial charge in [-0.2, -0.15) is 0 Å². The van der Waals surface area contributed by atoms with E-state index in [9.17, 15) is 0 Å². The van der Waals surface area contributed by atoms with Gasteiger partial charge in [-0.1, -0.05) is 6.08 Å². The Bertz CT molecular complexity index is 186. The molecule has 1 N–H and O–H groups in total. The van der Waals surface area contributed by atoms with Gasteiger partial charge in [-0.05, 0) is 31.0 Å². The summed E-state index contributed by atoms with van der Waals surface area (Å²) in [7, 11) is -0.106. The summed E-state index contributed by atoms with van der Waals surface area (Å²) in [5, 5.41) is 4.84. The molecule has 0 radical (unpaired) electrons. The van der Waals surface area contributed by atoms with Crippen LogP contribution in [0.15, 0.2) is 23.2 Å². The van der Waals surface area contributed by atoms with Gasteiger partial charge in [-0.3, -0.25) is 0 Å². The summed E-state index contributed by atoms with van der Waals surface area (Å²) in [6.45, 7) is 4.30. The van der Waals surface area contributed by atoms with Crippen LogP contribution in [0.4, 0.5) is 0 Å². The topological polar surface area (TPSA) is 12.0 Å². The van der Waals surface area contributed by atoms with E-state index in [1.165, 1.54) is 10.9 Å². The van der Waals surface area contributed by atoms with E-state index >= 15 is 0 Å². The molecule has 1 rings (SSSR count). The molecule has 0 spiro atoms. The van der Waals surface area contributed by atoms with Crippen molar-refractivity contribution < 1.29 is 0 Å². The van der Waals surface area contributed by atoms with Crippen LogP contribution in [-0.2, 0) is 0 Å². The molecular weight excluding hydrogens is 161 g/mol. The van der Waals surface area contributed by atoms with Crippen molar-refractivity contribution in [2.45, 2.75) is 13.8 Å². The van der Waals surface area contributed by atoms with E-state index in [1.54, 1.807) is 0 Å². The van der Waals surface area contributed by atoms with Gasteiger partial charge in [-0.25, -0.2) is 0 Å². The third-order valence-corrected chi connectivity index (χ3v) is 5.12. The van der Waals surface area contributed by atoms with Crippen molar-refractivity contribution in [2.75, 3.05) is 6.26 Å². The molecule has 1 unspecified atom stereocenters. The van der Waals surface area contributed by atoms with Crippen LogP contribution in [-0.4, -0.2) is 6.26 Å². The van der Waals surface area contributed by atoms with Crippen molar-refractivity contribution in [3.8, 4) is 0 Å². The SMILES string of the molecule is CSP1NC=C(C)C=C1C. The minimum Gasteiger partial charge on any atom is -0.359 e. The summed E-state index contributed by atoms with van der Waals surface area (Å²) >= 11 is 1.90. The van der Waals surface area contributed by atoms with Crippen molar-refractivity contribution in [2.24, 2.45) is 0 Å². The van der Waals surface area contributed by atoms with Crippen LogP contribution in [0.25, 0.3) is 0 Å². The molecule has 0 aliphatic carbocycles. The fourth-order valence-electron chi connectivity index (χ4n) is 0.889. The molecule has 0 saturated heterocycles. The zero-order valence-corrected chi connectivity index (χ0v) is 8.22. The highest BCUT2D eigenvalue weighted by Crippen LogP contribution is 2.53. The Balaban J connectivity index is 2.68. The number of nitrogens with one attached hydrogen (secondary N) is 1.